The molecule has 0 aromatic heterocycles. The highest BCUT2D eigenvalue weighted by molar-refractivity contribution is 5.49. The zero-order valence-corrected chi connectivity index (χ0v) is 16.5. The summed E-state index contributed by atoms with van der Waals surface area (Å²) in [4.78, 5) is 2.06. The number of nitrogens with one attached hydrogen (secondary N) is 1. The van der Waals surface area contributed by atoms with Gasteiger partial charge in [-0.15, -0.1) is 0 Å². The molecule has 1 aliphatic heterocycles. The summed E-state index contributed by atoms with van der Waals surface area (Å²) in [5.41, 5.74) is 2.75. The van der Waals surface area contributed by atoms with E-state index in [1.807, 2.05) is 24.3 Å². The van der Waals surface area contributed by atoms with Crippen molar-refractivity contribution in [1.29, 1.82) is 0 Å². The Morgan fingerprint density at radius 2 is 1.86 bits per heavy atom. The molecule has 2 aromatic carbocycles. The van der Waals surface area contributed by atoms with E-state index in [0.29, 0.717) is 25.4 Å². The second-order valence-corrected chi connectivity index (χ2v) is 7.73. The Morgan fingerprint density at radius 3 is 2.57 bits per heavy atom. The van der Waals surface area contributed by atoms with E-state index in [0.717, 1.165) is 37.2 Å². The molecular weight excluding hydrogens is 355 g/mol. The number of halogens is 1. The topological polar surface area (TPSA) is 33.7 Å². The summed E-state index contributed by atoms with van der Waals surface area (Å²) in [6, 6.07) is 13.9. The molecule has 4 rings (SSSR count). The van der Waals surface area contributed by atoms with E-state index in [1.54, 1.807) is 13.2 Å². The third-order valence-electron chi connectivity index (χ3n) is 6.07. The van der Waals surface area contributed by atoms with Crippen molar-refractivity contribution in [3.05, 3.63) is 59.4 Å². The molecule has 1 heterocycles. The van der Waals surface area contributed by atoms with Crippen LogP contribution in [0.5, 0.6) is 5.75 Å². The average molecular weight is 384 g/mol. The lowest BCUT2D eigenvalue weighted by Gasteiger charge is -2.33. The molecule has 0 radical (unpaired) electrons. The van der Waals surface area contributed by atoms with Gasteiger partial charge in [0, 0.05) is 30.7 Å². The van der Waals surface area contributed by atoms with E-state index in [1.165, 1.54) is 18.4 Å². The first-order valence-electron chi connectivity index (χ1n) is 10.2. The molecule has 0 bridgehead atoms. The number of anilines is 1. The van der Waals surface area contributed by atoms with Gasteiger partial charge in [-0.3, -0.25) is 0 Å². The predicted molar refractivity (Wildman–Crippen MR) is 109 cm³/mol. The Morgan fingerprint density at radius 1 is 1.11 bits per heavy atom. The molecule has 0 amide bonds. The number of benzene rings is 2. The van der Waals surface area contributed by atoms with Crippen LogP contribution < -0.4 is 15.0 Å². The van der Waals surface area contributed by atoms with Crippen LogP contribution in [0.3, 0.4) is 0 Å². The van der Waals surface area contributed by atoms with Crippen molar-refractivity contribution in [2.45, 2.75) is 37.8 Å². The standard InChI is InChI=1S/C23H29FN2O2/c1-27-22-7-3-2-6-19(22)23(10-4-5-11-23)25-17-18-8-9-21(20(24)16-18)26-12-14-28-15-13-26/h2-3,6-9,16,25H,4-5,10-15,17H2,1H3. The van der Waals surface area contributed by atoms with Crippen LogP contribution in [-0.2, 0) is 16.8 Å². The van der Waals surface area contributed by atoms with Gasteiger partial charge in [0.2, 0.25) is 0 Å². The number of morpholine rings is 1. The van der Waals surface area contributed by atoms with Gasteiger partial charge in [0.25, 0.3) is 0 Å². The molecule has 0 spiro atoms. The van der Waals surface area contributed by atoms with E-state index < -0.39 is 0 Å². The van der Waals surface area contributed by atoms with Crippen molar-refractivity contribution < 1.29 is 13.9 Å². The molecular formula is C23H29FN2O2. The van der Waals surface area contributed by atoms with Crippen molar-refractivity contribution >= 4 is 5.69 Å². The molecule has 1 saturated carbocycles. The van der Waals surface area contributed by atoms with Crippen LogP contribution in [0.4, 0.5) is 10.1 Å². The first kappa shape index (κ1) is 19.2. The molecule has 4 nitrogen and oxygen atoms in total. The number of nitrogens with zero attached hydrogens (tertiary/aromatic N) is 1. The molecule has 5 heteroatoms. The maximum atomic E-state index is 14.7. The third-order valence-corrected chi connectivity index (χ3v) is 6.07. The third kappa shape index (κ3) is 3.87. The summed E-state index contributed by atoms with van der Waals surface area (Å²) < 4.78 is 25.7. The van der Waals surface area contributed by atoms with Crippen LogP contribution >= 0.6 is 0 Å². The number of hydrogen-bond donors (Lipinski definition) is 1. The molecule has 1 N–H and O–H groups in total. The number of rotatable bonds is 6. The van der Waals surface area contributed by atoms with Gasteiger partial charge in [-0.25, -0.2) is 4.39 Å². The fourth-order valence-corrected chi connectivity index (χ4v) is 4.55. The van der Waals surface area contributed by atoms with Gasteiger partial charge in [0.15, 0.2) is 0 Å². The lowest BCUT2D eigenvalue weighted by atomic mass is 9.87. The van der Waals surface area contributed by atoms with Gasteiger partial charge >= 0.3 is 0 Å². The molecule has 28 heavy (non-hydrogen) atoms. The first-order valence-corrected chi connectivity index (χ1v) is 10.2. The molecule has 0 atom stereocenters. The van der Waals surface area contributed by atoms with Crippen molar-refractivity contribution in [1.82, 2.24) is 5.32 Å². The number of ether oxygens (including phenoxy) is 2. The number of para-hydroxylation sites is 1. The van der Waals surface area contributed by atoms with Gasteiger partial charge in [0.05, 0.1) is 26.0 Å². The summed E-state index contributed by atoms with van der Waals surface area (Å²) in [6.07, 6.45) is 4.52. The minimum atomic E-state index is -0.154. The Labute approximate surface area is 166 Å². The molecule has 0 unspecified atom stereocenters. The van der Waals surface area contributed by atoms with Gasteiger partial charge in [-0.1, -0.05) is 37.1 Å². The summed E-state index contributed by atoms with van der Waals surface area (Å²) >= 11 is 0. The maximum absolute atomic E-state index is 14.7. The Kier molecular flexibility index (Phi) is 5.83. The van der Waals surface area contributed by atoms with Crippen molar-refractivity contribution in [2.75, 3.05) is 38.3 Å². The van der Waals surface area contributed by atoms with Crippen LogP contribution in [-0.4, -0.2) is 33.4 Å². The maximum Gasteiger partial charge on any atom is 0.146 e. The first-order chi connectivity index (χ1) is 13.7. The second-order valence-electron chi connectivity index (χ2n) is 7.73. The van der Waals surface area contributed by atoms with Crippen molar-refractivity contribution in [2.24, 2.45) is 0 Å². The lowest BCUT2D eigenvalue weighted by molar-refractivity contribution is 0.122. The molecule has 2 aliphatic rings. The number of hydrogen-bond acceptors (Lipinski definition) is 4. The second kappa shape index (κ2) is 8.50. The van der Waals surface area contributed by atoms with Gasteiger partial charge in [-0.05, 0) is 36.6 Å². The smallest absolute Gasteiger partial charge is 0.146 e. The van der Waals surface area contributed by atoms with E-state index in [-0.39, 0.29) is 11.4 Å². The van der Waals surface area contributed by atoms with Gasteiger partial charge in [0.1, 0.15) is 11.6 Å². The summed E-state index contributed by atoms with van der Waals surface area (Å²) in [6.45, 7) is 3.43. The van der Waals surface area contributed by atoms with E-state index >= 15 is 0 Å². The van der Waals surface area contributed by atoms with Crippen LogP contribution in [0, 0.1) is 5.82 Å². The monoisotopic (exact) mass is 384 g/mol. The normalized spacial score (nSPS) is 19.0. The summed E-state index contributed by atoms with van der Waals surface area (Å²) in [5, 5.41) is 3.75. The van der Waals surface area contributed by atoms with Crippen molar-refractivity contribution in [3.8, 4) is 5.75 Å². The zero-order chi connectivity index (χ0) is 19.4. The lowest BCUT2D eigenvalue weighted by Crippen LogP contribution is -2.39. The van der Waals surface area contributed by atoms with Crippen LogP contribution in [0.25, 0.3) is 0 Å². The number of methoxy groups -OCH3 is 1. The Hall–Kier alpha value is -2.11. The van der Waals surface area contributed by atoms with Crippen molar-refractivity contribution in [3.63, 3.8) is 0 Å². The Balaban J connectivity index is 1.51. The Bertz CT molecular complexity index is 799. The molecule has 150 valence electrons. The highest BCUT2D eigenvalue weighted by Gasteiger charge is 2.37. The highest BCUT2D eigenvalue weighted by atomic mass is 19.1. The minimum absolute atomic E-state index is 0.105. The zero-order valence-electron chi connectivity index (χ0n) is 16.5. The van der Waals surface area contributed by atoms with Gasteiger partial charge in [-0.2, -0.15) is 0 Å². The summed E-state index contributed by atoms with van der Waals surface area (Å²) in [5.74, 6) is 0.768. The van der Waals surface area contributed by atoms with E-state index in [4.69, 9.17) is 9.47 Å². The molecule has 1 saturated heterocycles. The average Bonchev–Trinajstić information content (AvgIpc) is 3.23. The fourth-order valence-electron chi connectivity index (χ4n) is 4.55. The quantitative estimate of drug-likeness (QED) is 0.808. The van der Waals surface area contributed by atoms with Crippen LogP contribution in [0.1, 0.15) is 36.8 Å². The highest BCUT2D eigenvalue weighted by Crippen LogP contribution is 2.42. The van der Waals surface area contributed by atoms with E-state index in [2.05, 4.69) is 22.3 Å². The fraction of sp³-hybridized carbons (Fsp3) is 0.478. The van der Waals surface area contributed by atoms with E-state index in [9.17, 15) is 4.39 Å². The summed E-state index contributed by atoms with van der Waals surface area (Å²) in [7, 11) is 1.72. The predicted octanol–water partition coefficient (Wildman–Crippen LogP) is 4.23. The SMILES string of the molecule is COc1ccccc1C1(NCc2ccc(N3CCOCC3)c(F)c2)CCCC1. The van der Waals surface area contributed by atoms with Crippen LogP contribution in [0.2, 0.25) is 0 Å². The minimum Gasteiger partial charge on any atom is -0.496 e. The molecule has 2 fully saturated rings. The largest absolute Gasteiger partial charge is 0.496 e. The molecule has 2 aromatic rings. The molecule has 1 aliphatic carbocycles. The van der Waals surface area contributed by atoms with Gasteiger partial charge < -0.3 is 19.7 Å². The van der Waals surface area contributed by atoms with Crippen LogP contribution in [0.15, 0.2) is 42.5 Å².